The minimum absolute atomic E-state index is 0.350. The van der Waals surface area contributed by atoms with Crippen molar-refractivity contribution in [3.63, 3.8) is 0 Å². The lowest BCUT2D eigenvalue weighted by molar-refractivity contribution is -0.00627. The Morgan fingerprint density at radius 2 is 1.89 bits per heavy atom. The van der Waals surface area contributed by atoms with Crippen molar-refractivity contribution < 1.29 is 4.74 Å². The highest BCUT2D eigenvalue weighted by Crippen LogP contribution is 2.37. The number of hydrogen-bond donors (Lipinski definition) is 1. The molecule has 0 aromatic carbocycles. The van der Waals surface area contributed by atoms with Gasteiger partial charge in [0, 0.05) is 31.2 Å². The Morgan fingerprint density at radius 3 is 2.47 bits per heavy atom. The van der Waals surface area contributed by atoms with E-state index in [0.29, 0.717) is 23.6 Å². The second-order valence-corrected chi connectivity index (χ2v) is 7.03. The average Bonchev–Trinajstić information content (AvgIpc) is 2.80. The SMILES string of the molecule is CC(C)OCCN1CC(C(C)C)NCC12CCCC2. The van der Waals surface area contributed by atoms with Crippen molar-refractivity contribution in [2.75, 3.05) is 26.2 Å². The lowest BCUT2D eigenvalue weighted by atomic mass is 9.88. The van der Waals surface area contributed by atoms with Gasteiger partial charge in [-0.1, -0.05) is 26.7 Å². The summed E-state index contributed by atoms with van der Waals surface area (Å²) in [5.41, 5.74) is 0.436. The number of rotatable bonds is 5. The normalized spacial score (nSPS) is 27.8. The van der Waals surface area contributed by atoms with E-state index in [4.69, 9.17) is 4.74 Å². The van der Waals surface area contributed by atoms with Crippen molar-refractivity contribution in [1.29, 1.82) is 0 Å². The molecular formula is C16H32N2O. The van der Waals surface area contributed by atoms with Crippen molar-refractivity contribution in [2.24, 2.45) is 5.92 Å². The Morgan fingerprint density at radius 1 is 1.21 bits per heavy atom. The Hall–Kier alpha value is -0.120. The smallest absolute Gasteiger partial charge is 0.0597 e. The van der Waals surface area contributed by atoms with Gasteiger partial charge in [0.25, 0.3) is 0 Å². The first-order valence-corrected chi connectivity index (χ1v) is 8.13. The van der Waals surface area contributed by atoms with Crippen molar-refractivity contribution in [3.05, 3.63) is 0 Å². The van der Waals surface area contributed by atoms with Crippen LogP contribution >= 0.6 is 0 Å². The number of hydrogen-bond acceptors (Lipinski definition) is 3. The molecule has 19 heavy (non-hydrogen) atoms. The third kappa shape index (κ3) is 3.71. The number of nitrogens with zero attached hydrogens (tertiary/aromatic N) is 1. The van der Waals surface area contributed by atoms with Crippen LogP contribution in [0.4, 0.5) is 0 Å². The molecule has 2 fully saturated rings. The molecule has 1 aliphatic carbocycles. The maximum atomic E-state index is 5.78. The molecule has 112 valence electrons. The molecule has 1 saturated carbocycles. The van der Waals surface area contributed by atoms with Crippen LogP contribution in [-0.4, -0.2) is 48.8 Å². The number of nitrogens with one attached hydrogen (secondary N) is 1. The fraction of sp³-hybridized carbons (Fsp3) is 1.00. The number of piperazine rings is 1. The van der Waals surface area contributed by atoms with Crippen LogP contribution in [0.15, 0.2) is 0 Å². The molecule has 1 N–H and O–H groups in total. The van der Waals surface area contributed by atoms with Gasteiger partial charge >= 0.3 is 0 Å². The van der Waals surface area contributed by atoms with Crippen molar-refractivity contribution >= 4 is 0 Å². The fourth-order valence-electron chi connectivity index (χ4n) is 3.63. The average molecular weight is 268 g/mol. The van der Waals surface area contributed by atoms with Gasteiger partial charge in [-0.25, -0.2) is 0 Å². The van der Waals surface area contributed by atoms with Gasteiger partial charge < -0.3 is 10.1 Å². The summed E-state index contributed by atoms with van der Waals surface area (Å²) < 4.78 is 5.78. The minimum atomic E-state index is 0.350. The predicted molar refractivity (Wildman–Crippen MR) is 80.5 cm³/mol. The summed E-state index contributed by atoms with van der Waals surface area (Å²) >= 11 is 0. The van der Waals surface area contributed by atoms with Crippen molar-refractivity contribution in [2.45, 2.75) is 71.1 Å². The molecule has 0 radical (unpaired) electrons. The highest BCUT2D eigenvalue weighted by molar-refractivity contribution is 5.02. The summed E-state index contributed by atoms with van der Waals surface area (Å²) in [5.74, 6) is 0.715. The van der Waals surface area contributed by atoms with Gasteiger partial charge in [0.15, 0.2) is 0 Å². The Balaban J connectivity index is 1.95. The van der Waals surface area contributed by atoms with Crippen molar-refractivity contribution in [3.8, 4) is 0 Å². The largest absolute Gasteiger partial charge is 0.377 e. The highest BCUT2D eigenvalue weighted by Gasteiger charge is 2.43. The van der Waals surface area contributed by atoms with Crippen LogP contribution in [0.3, 0.4) is 0 Å². The molecule has 3 heteroatoms. The predicted octanol–water partition coefficient (Wildman–Crippen LogP) is 2.65. The molecule has 0 aromatic heterocycles. The summed E-state index contributed by atoms with van der Waals surface area (Å²) in [5, 5.41) is 3.80. The summed E-state index contributed by atoms with van der Waals surface area (Å²) in [6.07, 6.45) is 5.88. The third-order valence-electron chi connectivity index (χ3n) is 4.93. The molecule has 1 spiro atoms. The monoisotopic (exact) mass is 268 g/mol. The Bertz CT molecular complexity index is 272. The van der Waals surface area contributed by atoms with Crippen LogP contribution < -0.4 is 5.32 Å². The summed E-state index contributed by atoms with van der Waals surface area (Å²) in [7, 11) is 0. The molecule has 0 bridgehead atoms. The zero-order chi connectivity index (χ0) is 13.9. The first-order valence-electron chi connectivity index (χ1n) is 8.13. The van der Waals surface area contributed by atoms with E-state index < -0.39 is 0 Å². The van der Waals surface area contributed by atoms with Gasteiger partial charge in [0.05, 0.1) is 12.7 Å². The topological polar surface area (TPSA) is 24.5 Å². The highest BCUT2D eigenvalue weighted by atomic mass is 16.5. The lowest BCUT2D eigenvalue weighted by Gasteiger charge is -2.49. The van der Waals surface area contributed by atoms with E-state index in [-0.39, 0.29) is 0 Å². The first-order chi connectivity index (χ1) is 9.03. The fourth-order valence-corrected chi connectivity index (χ4v) is 3.63. The molecule has 1 saturated heterocycles. The van der Waals surface area contributed by atoms with E-state index in [1.54, 1.807) is 0 Å². The van der Waals surface area contributed by atoms with Crippen LogP contribution in [0, 0.1) is 5.92 Å². The van der Waals surface area contributed by atoms with Gasteiger partial charge in [0.1, 0.15) is 0 Å². The number of ether oxygens (including phenoxy) is 1. The standard InChI is InChI=1S/C16H32N2O/c1-13(2)15-11-18(9-10-19-14(3)4)16(12-17-15)7-5-6-8-16/h13-15,17H,5-12H2,1-4H3. The van der Waals surface area contributed by atoms with E-state index in [1.807, 2.05) is 0 Å². The van der Waals surface area contributed by atoms with Crippen LogP contribution in [0.2, 0.25) is 0 Å². The molecular weight excluding hydrogens is 236 g/mol. The molecule has 0 aromatic rings. The Labute approximate surface area is 119 Å². The van der Waals surface area contributed by atoms with E-state index in [9.17, 15) is 0 Å². The minimum Gasteiger partial charge on any atom is -0.377 e. The zero-order valence-electron chi connectivity index (χ0n) is 13.2. The maximum absolute atomic E-state index is 5.78. The van der Waals surface area contributed by atoms with Crippen molar-refractivity contribution in [1.82, 2.24) is 10.2 Å². The van der Waals surface area contributed by atoms with Crippen LogP contribution in [0.5, 0.6) is 0 Å². The summed E-state index contributed by atoms with van der Waals surface area (Å²) in [6, 6.07) is 0.644. The molecule has 2 aliphatic rings. The van der Waals surface area contributed by atoms with Gasteiger partial charge in [-0.05, 0) is 32.6 Å². The summed E-state index contributed by atoms with van der Waals surface area (Å²) in [4.78, 5) is 2.74. The molecule has 1 unspecified atom stereocenters. The van der Waals surface area contributed by atoms with E-state index in [1.165, 1.54) is 38.8 Å². The van der Waals surface area contributed by atoms with E-state index in [2.05, 4.69) is 37.9 Å². The van der Waals surface area contributed by atoms with Gasteiger partial charge in [-0.2, -0.15) is 0 Å². The molecule has 0 amide bonds. The first kappa shape index (κ1) is 15.3. The van der Waals surface area contributed by atoms with Crippen LogP contribution in [0.25, 0.3) is 0 Å². The molecule has 1 aliphatic heterocycles. The Kier molecular flexibility index (Phi) is 5.27. The van der Waals surface area contributed by atoms with Crippen LogP contribution in [0.1, 0.15) is 53.4 Å². The molecule has 2 rings (SSSR count). The second-order valence-electron chi connectivity index (χ2n) is 7.03. The molecule has 3 nitrogen and oxygen atoms in total. The van der Waals surface area contributed by atoms with Gasteiger partial charge in [0.2, 0.25) is 0 Å². The van der Waals surface area contributed by atoms with Gasteiger partial charge in [-0.3, -0.25) is 4.90 Å². The summed E-state index contributed by atoms with van der Waals surface area (Å²) in [6.45, 7) is 13.3. The third-order valence-corrected chi connectivity index (χ3v) is 4.93. The molecule has 1 heterocycles. The van der Waals surface area contributed by atoms with E-state index >= 15 is 0 Å². The zero-order valence-corrected chi connectivity index (χ0v) is 13.2. The van der Waals surface area contributed by atoms with Gasteiger partial charge in [-0.15, -0.1) is 0 Å². The molecule has 1 atom stereocenters. The maximum Gasteiger partial charge on any atom is 0.0597 e. The lowest BCUT2D eigenvalue weighted by Crippen LogP contribution is -2.65. The quantitative estimate of drug-likeness (QED) is 0.829. The van der Waals surface area contributed by atoms with Crippen LogP contribution in [-0.2, 0) is 4.74 Å². The van der Waals surface area contributed by atoms with E-state index in [0.717, 1.165) is 13.2 Å². The second kappa shape index (κ2) is 6.55.